The summed E-state index contributed by atoms with van der Waals surface area (Å²) in [4.78, 5) is 17.8. The van der Waals surface area contributed by atoms with Crippen LogP contribution >= 0.6 is 0 Å². The molecule has 21 heavy (non-hydrogen) atoms. The third-order valence-corrected chi connectivity index (χ3v) is 4.04. The Kier molecular flexibility index (Phi) is 3.85. The molecule has 3 heterocycles. The molecule has 0 saturated carbocycles. The van der Waals surface area contributed by atoms with E-state index in [1.165, 1.54) is 0 Å². The van der Waals surface area contributed by atoms with E-state index in [0.29, 0.717) is 23.9 Å². The van der Waals surface area contributed by atoms with Crippen LogP contribution in [0.1, 0.15) is 18.5 Å². The number of aromatic nitrogens is 2. The molecule has 0 aliphatic carbocycles. The van der Waals surface area contributed by atoms with Crippen LogP contribution in [0.4, 0.5) is 5.82 Å². The number of likely N-dealkylation sites (N-methyl/N-ethyl adjacent to an activating group) is 1. The zero-order valence-electron chi connectivity index (χ0n) is 12.0. The van der Waals surface area contributed by atoms with Crippen LogP contribution < -0.4 is 5.32 Å². The summed E-state index contributed by atoms with van der Waals surface area (Å²) in [7, 11) is 1.93. The van der Waals surface area contributed by atoms with Gasteiger partial charge in [0.15, 0.2) is 5.69 Å². The van der Waals surface area contributed by atoms with Crippen molar-refractivity contribution in [3.8, 4) is 0 Å². The molecule has 2 aromatic heterocycles. The van der Waals surface area contributed by atoms with E-state index >= 15 is 0 Å². The van der Waals surface area contributed by atoms with E-state index in [1.54, 1.807) is 22.7 Å². The molecule has 112 valence electrons. The number of fused-ring (bicyclic) bond motifs is 1. The number of imidazole rings is 1. The molecule has 0 radical (unpaired) electrons. The SMILES string of the molecule is CNCC1CCCN1Cc1nc2ccccn2c1[N+](=O)[O-]. The van der Waals surface area contributed by atoms with E-state index in [-0.39, 0.29) is 10.7 Å². The molecule has 1 unspecified atom stereocenters. The minimum atomic E-state index is -0.335. The van der Waals surface area contributed by atoms with Crippen molar-refractivity contribution in [2.24, 2.45) is 0 Å². The Morgan fingerprint density at radius 2 is 2.38 bits per heavy atom. The van der Waals surface area contributed by atoms with Crippen molar-refractivity contribution in [2.45, 2.75) is 25.4 Å². The fourth-order valence-electron chi connectivity index (χ4n) is 3.09. The minimum Gasteiger partial charge on any atom is -0.358 e. The van der Waals surface area contributed by atoms with Crippen LogP contribution in [0.2, 0.25) is 0 Å². The van der Waals surface area contributed by atoms with Gasteiger partial charge < -0.3 is 15.4 Å². The molecule has 1 saturated heterocycles. The zero-order chi connectivity index (χ0) is 14.8. The lowest BCUT2D eigenvalue weighted by Crippen LogP contribution is -2.36. The number of nitrogens with zero attached hydrogens (tertiary/aromatic N) is 4. The molecular formula is C14H19N5O2. The van der Waals surface area contributed by atoms with Crippen molar-refractivity contribution in [1.82, 2.24) is 19.6 Å². The standard InChI is InChI=1S/C14H19N5O2/c1-15-9-11-5-4-7-17(11)10-12-14(19(20)21)18-8-3-2-6-13(18)16-12/h2-3,6,8,11,15H,4-5,7,9-10H2,1H3. The summed E-state index contributed by atoms with van der Waals surface area (Å²) in [5.74, 6) is 0.0840. The lowest BCUT2D eigenvalue weighted by molar-refractivity contribution is -0.391. The molecule has 1 atom stereocenters. The molecule has 1 aliphatic heterocycles. The summed E-state index contributed by atoms with van der Waals surface area (Å²) in [6.07, 6.45) is 3.95. The summed E-state index contributed by atoms with van der Waals surface area (Å²) >= 11 is 0. The topological polar surface area (TPSA) is 75.7 Å². The first-order chi connectivity index (χ1) is 10.2. The molecule has 1 fully saturated rings. The molecule has 7 heteroatoms. The fourth-order valence-corrected chi connectivity index (χ4v) is 3.09. The maximum atomic E-state index is 11.4. The number of nitrogens with one attached hydrogen (secondary N) is 1. The molecule has 0 amide bonds. The second-order valence-corrected chi connectivity index (χ2v) is 5.39. The van der Waals surface area contributed by atoms with E-state index in [9.17, 15) is 10.1 Å². The first kappa shape index (κ1) is 14.0. The predicted molar refractivity (Wildman–Crippen MR) is 79.2 cm³/mol. The van der Waals surface area contributed by atoms with Crippen molar-refractivity contribution >= 4 is 11.5 Å². The van der Waals surface area contributed by atoms with Gasteiger partial charge in [0, 0.05) is 25.2 Å². The Hall–Kier alpha value is -1.99. The van der Waals surface area contributed by atoms with Crippen LogP contribution in [0.5, 0.6) is 0 Å². The third-order valence-electron chi connectivity index (χ3n) is 4.04. The van der Waals surface area contributed by atoms with Crippen LogP contribution in [0.3, 0.4) is 0 Å². The lowest BCUT2D eigenvalue weighted by Gasteiger charge is -2.22. The highest BCUT2D eigenvalue weighted by molar-refractivity contribution is 5.48. The zero-order valence-corrected chi connectivity index (χ0v) is 12.0. The smallest absolute Gasteiger partial charge is 0.352 e. The Morgan fingerprint density at radius 3 is 3.14 bits per heavy atom. The molecule has 1 aliphatic rings. The van der Waals surface area contributed by atoms with Crippen LogP contribution in [0.15, 0.2) is 24.4 Å². The van der Waals surface area contributed by atoms with E-state index < -0.39 is 0 Å². The van der Waals surface area contributed by atoms with E-state index in [0.717, 1.165) is 25.9 Å². The van der Waals surface area contributed by atoms with E-state index in [2.05, 4.69) is 15.2 Å². The van der Waals surface area contributed by atoms with Crippen LogP contribution in [-0.4, -0.2) is 45.4 Å². The highest BCUT2D eigenvalue weighted by Gasteiger charge is 2.29. The Labute approximate surface area is 122 Å². The van der Waals surface area contributed by atoms with Crippen molar-refractivity contribution < 1.29 is 4.92 Å². The van der Waals surface area contributed by atoms with Gasteiger partial charge in [-0.1, -0.05) is 6.07 Å². The summed E-state index contributed by atoms with van der Waals surface area (Å²) in [6.45, 7) is 2.41. The van der Waals surface area contributed by atoms with Crippen molar-refractivity contribution in [3.63, 3.8) is 0 Å². The van der Waals surface area contributed by atoms with Gasteiger partial charge in [-0.05, 0) is 37.4 Å². The van der Waals surface area contributed by atoms with Gasteiger partial charge in [-0.2, -0.15) is 4.40 Å². The second kappa shape index (κ2) is 5.79. The average molecular weight is 289 g/mol. The van der Waals surface area contributed by atoms with Crippen molar-refractivity contribution in [3.05, 3.63) is 40.2 Å². The Morgan fingerprint density at radius 1 is 1.52 bits per heavy atom. The van der Waals surface area contributed by atoms with Crippen LogP contribution in [0.25, 0.3) is 5.65 Å². The summed E-state index contributed by atoms with van der Waals surface area (Å²) in [5, 5.41) is 14.6. The highest BCUT2D eigenvalue weighted by atomic mass is 16.6. The average Bonchev–Trinajstić information content (AvgIpc) is 3.03. The second-order valence-electron chi connectivity index (χ2n) is 5.39. The summed E-state index contributed by atoms with van der Waals surface area (Å²) in [6, 6.07) is 5.85. The molecular weight excluding hydrogens is 270 g/mol. The number of pyridine rings is 1. The van der Waals surface area contributed by atoms with Gasteiger partial charge in [0.05, 0.1) is 6.20 Å². The van der Waals surface area contributed by atoms with Gasteiger partial charge >= 0.3 is 5.82 Å². The Balaban J connectivity index is 1.93. The van der Waals surface area contributed by atoms with Gasteiger partial charge in [0.25, 0.3) is 0 Å². The van der Waals surface area contributed by atoms with Crippen LogP contribution in [-0.2, 0) is 6.54 Å². The van der Waals surface area contributed by atoms with Crippen molar-refractivity contribution in [2.75, 3.05) is 20.1 Å². The maximum absolute atomic E-state index is 11.4. The quantitative estimate of drug-likeness (QED) is 0.665. The predicted octanol–water partition coefficient (Wildman–Crippen LogP) is 1.43. The largest absolute Gasteiger partial charge is 0.358 e. The molecule has 0 aromatic carbocycles. The van der Waals surface area contributed by atoms with Gasteiger partial charge in [0.2, 0.25) is 5.65 Å². The first-order valence-corrected chi connectivity index (χ1v) is 7.19. The molecule has 1 N–H and O–H groups in total. The summed E-state index contributed by atoms with van der Waals surface area (Å²) in [5.41, 5.74) is 1.18. The van der Waals surface area contributed by atoms with Crippen LogP contribution in [0, 0.1) is 10.1 Å². The van der Waals surface area contributed by atoms with Gasteiger partial charge in [-0.15, -0.1) is 0 Å². The lowest BCUT2D eigenvalue weighted by atomic mass is 10.2. The summed E-state index contributed by atoms with van der Waals surface area (Å²) < 4.78 is 1.55. The number of nitro groups is 1. The fraction of sp³-hybridized carbons (Fsp3) is 0.500. The molecule has 7 nitrogen and oxygen atoms in total. The van der Waals surface area contributed by atoms with Gasteiger partial charge in [-0.25, -0.2) is 4.98 Å². The minimum absolute atomic E-state index is 0.0840. The highest BCUT2D eigenvalue weighted by Crippen LogP contribution is 2.25. The Bertz CT molecular complexity index is 654. The molecule has 2 aromatic rings. The van der Waals surface area contributed by atoms with Crippen molar-refractivity contribution in [1.29, 1.82) is 0 Å². The number of likely N-dealkylation sites (tertiary alicyclic amines) is 1. The monoisotopic (exact) mass is 289 g/mol. The van der Waals surface area contributed by atoms with E-state index in [4.69, 9.17) is 0 Å². The number of hydrogen-bond donors (Lipinski definition) is 1. The maximum Gasteiger partial charge on any atom is 0.352 e. The van der Waals surface area contributed by atoms with Gasteiger partial charge in [-0.3, -0.25) is 4.90 Å². The molecule has 3 rings (SSSR count). The molecule has 0 bridgehead atoms. The van der Waals surface area contributed by atoms with Gasteiger partial charge in [0.1, 0.15) is 0 Å². The third kappa shape index (κ3) is 2.62. The molecule has 0 spiro atoms. The first-order valence-electron chi connectivity index (χ1n) is 7.19. The normalized spacial score (nSPS) is 19.4. The number of hydrogen-bond acceptors (Lipinski definition) is 5. The number of rotatable bonds is 5. The van der Waals surface area contributed by atoms with E-state index in [1.807, 2.05) is 13.1 Å².